The maximum absolute atomic E-state index is 12.6. The number of amides is 1. The summed E-state index contributed by atoms with van der Waals surface area (Å²) >= 11 is 13.3. The third-order valence-electron chi connectivity index (χ3n) is 3.69. The Kier molecular flexibility index (Phi) is 6.16. The van der Waals surface area contributed by atoms with Gasteiger partial charge < -0.3 is 10.1 Å². The first-order valence-corrected chi connectivity index (χ1v) is 9.69. The predicted octanol–water partition coefficient (Wildman–Crippen LogP) is 6.15. The van der Waals surface area contributed by atoms with Crippen molar-refractivity contribution in [3.63, 3.8) is 0 Å². The topological polar surface area (TPSA) is 55.4 Å². The lowest BCUT2D eigenvalue weighted by atomic mass is 10.1. The van der Waals surface area contributed by atoms with Crippen molar-refractivity contribution in [3.8, 4) is 10.4 Å². The molecule has 0 aliphatic rings. The maximum Gasteiger partial charge on any atom is 0.341 e. The summed E-state index contributed by atoms with van der Waals surface area (Å²) < 4.78 is 5.12. The summed E-state index contributed by atoms with van der Waals surface area (Å²) in [5.41, 5.74) is 1.52. The van der Waals surface area contributed by atoms with E-state index < -0.39 is 11.9 Å². The van der Waals surface area contributed by atoms with Crippen LogP contribution in [0.5, 0.6) is 0 Å². The molecule has 3 aromatic rings. The van der Waals surface area contributed by atoms with Crippen LogP contribution in [0.2, 0.25) is 10.0 Å². The van der Waals surface area contributed by atoms with E-state index in [9.17, 15) is 9.59 Å². The lowest BCUT2D eigenvalue weighted by Gasteiger charge is -2.07. The van der Waals surface area contributed by atoms with E-state index in [4.69, 9.17) is 27.9 Å². The standard InChI is InChI=1S/C20H15Cl2NO3S/c1-2-26-20(25)15-11-17(12-6-4-3-5-7-12)27-19(15)23-18(24)14-9-8-13(21)10-16(14)22/h3-11H,2H2,1H3,(H,23,24). The lowest BCUT2D eigenvalue weighted by Crippen LogP contribution is -2.14. The van der Waals surface area contributed by atoms with Crippen LogP contribution in [0.25, 0.3) is 10.4 Å². The van der Waals surface area contributed by atoms with Gasteiger partial charge in [0.25, 0.3) is 5.91 Å². The second-order valence-corrected chi connectivity index (χ2v) is 7.41. The molecule has 2 aromatic carbocycles. The molecule has 0 atom stereocenters. The molecule has 1 N–H and O–H groups in total. The fourth-order valence-electron chi connectivity index (χ4n) is 2.43. The fourth-order valence-corrected chi connectivity index (χ4v) is 3.97. The minimum atomic E-state index is -0.492. The van der Waals surface area contributed by atoms with Crippen molar-refractivity contribution < 1.29 is 14.3 Å². The SMILES string of the molecule is CCOC(=O)c1cc(-c2ccccc2)sc1NC(=O)c1ccc(Cl)cc1Cl. The quantitative estimate of drug-likeness (QED) is 0.504. The van der Waals surface area contributed by atoms with Crippen LogP contribution in [-0.4, -0.2) is 18.5 Å². The zero-order valence-corrected chi connectivity index (χ0v) is 16.6. The van der Waals surface area contributed by atoms with E-state index in [1.165, 1.54) is 23.5 Å². The molecule has 1 amide bonds. The highest BCUT2D eigenvalue weighted by Crippen LogP contribution is 2.36. The van der Waals surface area contributed by atoms with Gasteiger partial charge in [0.2, 0.25) is 0 Å². The van der Waals surface area contributed by atoms with Crippen molar-refractivity contribution in [1.82, 2.24) is 0 Å². The Morgan fingerprint density at radius 3 is 2.44 bits per heavy atom. The molecule has 0 spiro atoms. The molecule has 0 bridgehead atoms. The average molecular weight is 420 g/mol. The zero-order valence-electron chi connectivity index (χ0n) is 14.3. The van der Waals surface area contributed by atoms with Crippen LogP contribution >= 0.6 is 34.5 Å². The lowest BCUT2D eigenvalue weighted by molar-refractivity contribution is 0.0528. The fraction of sp³-hybridized carbons (Fsp3) is 0.100. The molecular weight excluding hydrogens is 405 g/mol. The highest BCUT2D eigenvalue weighted by Gasteiger charge is 2.21. The van der Waals surface area contributed by atoms with Gasteiger partial charge in [0.15, 0.2) is 0 Å². The smallest absolute Gasteiger partial charge is 0.341 e. The molecule has 0 aliphatic carbocycles. The van der Waals surface area contributed by atoms with Gasteiger partial charge in [-0.1, -0.05) is 53.5 Å². The van der Waals surface area contributed by atoms with E-state index >= 15 is 0 Å². The van der Waals surface area contributed by atoms with Crippen molar-refractivity contribution in [3.05, 3.63) is 75.8 Å². The van der Waals surface area contributed by atoms with Crippen LogP contribution in [0.1, 0.15) is 27.6 Å². The molecule has 0 unspecified atom stereocenters. The number of halogens is 2. The summed E-state index contributed by atoms with van der Waals surface area (Å²) in [6.45, 7) is 1.97. The maximum atomic E-state index is 12.6. The molecule has 4 nitrogen and oxygen atoms in total. The number of benzene rings is 2. The first-order chi connectivity index (χ1) is 13.0. The molecule has 3 rings (SSSR count). The zero-order chi connectivity index (χ0) is 19.4. The van der Waals surface area contributed by atoms with Gasteiger partial charge >= 0.3 is 5.97 Å². The summed E-state index contributed by atoms with van der Waals surface area (Å²) in [6, 6.07) is 15.9. The first kappa shape index (κ1) is 19.4. The molecule has 0 saturated heterocycles. The van der Waals surface area contributed by atoms with Crippen LogP contribution < -0.4 is 5.32 Å². The number of carbonyl (C=O) groups is 2. The summed E-state index contributed by atoms with van der Waals surface area (Å²) in [4.78, 5) is 25.8. The van der Waals surface area contributed by atoms with E-state index in [1.54, 1.807) is 19.1 Å². The number of nitrogens with one attached hydrogen (secondary N) is 1. The molecular formula is C20H15Cl2NO3S. The Balaban J connectivity index is 1.96. The molecule has 27 heavy (non-hydrogen) atoms. The Labute approximate surface area is 170 Å². The average Bonchev–Trinajstić information content (AvgIpc) is 3.06. The van der Waals surface area contributed by atoms with Gasteiger partial charge in [-0.25, -0.2) is 4.79 Å². The molecule has 0 aliphatic heterocycles. The number of esters is 1. The minimum Gasteiger partial charge on any atom is -0.462 e. The monoisotopic (exact) mass is 419 g/mol. The van der Waals surface area contributed by atoms with Gasteiger partial charge in [0, 0.05) is 9.90 Å². The van der Waals surface area contributed by atoms with Crippen LogP contribution in [0, 0.1) is 0 Å². The number of carbonyl (C=O) groups excluding carboxylic acids is 2. The van der Waals surface area contributed by atoms with Crippen molar-refractivity contribution >= 4 is 51.4 Å². The van der Waals surface area contributed by atoms with Gasteiger partial charge in [-0.2, -0.15) is 0 Å². The third kappa shape index (κ3) is 4.50. The molecule has 0 saturated carbocycles. The Bertz CT molecular complexity index is 986. The van der Waals surface area contributed by atoms with Gasteiger partial charge in [-0.15, -0.1) is 11.3 Å². The molecule has 0 radical (unpaired) electrons. The van der Waals surface area contributed by atoms with Crippen LogP contribution in [0.3, 0.4) is 0 Å². The van der Waals surface area contributed by atoms with Crippen LogP contribution in [0.4, 0.5) is 5.00 Å². The van der Waals surface area contributed by atoms with Crippen LogP contribution in [0.15, 0.2) is 54.6 Å². The summed E-state index contributed by atoms with van der Waals surface area (Å²) in [7, 11) is 0. The van der Waals surface area contributed by atoms with Crippen molar-refractivity contribution in [2.24, 2.45) is 0 Å². The third-order valence-corrected chi connectivity index (χ3v) is 5.34. The number of rotatable bonds is 5. The van der Waals surface area contributed by atoms with Gasteiger partial charge in [0.1, 0.15) is 5.00 Å². The van der Waals surface area contributed by atoms with E-state index in [0.29, 0.717) is 15.6 Å². The molecule has 138 valence electrons. The van der Waals surface area contributed by atoms with Crippen molar-refractivity contribution in [2.45, 2.75) is 6.92 Å². The van der Waals surface area contributed by atoms with Crippen molar-refractivity contribution in [2.75, 3.05) is 11.9 Å². The van der Waals surface area contributed by atoms with Gasteiger partial charge in [0.05, 0.1) is 22.8 Å². The normalized spacial score (nSPS) is 10.5. The largest absolute Gasteiger partial charge is 0.462 e. The highest BCUT2D eigenvalue weighted by atomic mass is 35.5. The minimum absolute atomic E-state index is 0.234. The van der Waals surface area contributed by atoms with Gasteiger partial charge in [-0.3, -0.25) is 4.79 Å². The summed E-state index contributed by atoms with van der Waals surface area (Å²) in [5, 5.41) is 3.84. The van der Waals surface area contributed by atoms with E-state index in [-0.39, 0.29) is 17.2 Å². The Morgan fingerprint density at radius 1 is 1.04 bits per heavy atom. The number of hydrogen-bond donors (Lipinski definition) is 1. The highest BCUT2D eigenvalue weighted by molar-refractivity contribution is 7.20. The number of anilines is 1. The molecule has 1 aromatic heterocycles. The van der Waals surface area contributed by atoms with E-state index in [2.05, 4.69) is 5.32 Å². The number of hydrogen-bond acceptors (Lipinski definition) is 4. The van der Waals surface area contributed by atoms with E-state index in [1.807, 2.05) is 30.3 Å². The molecule has 7 heteroatoms. The number of thiophene rings is 1. The molecule has 1 heterocycles. The van der Waals surface area contributed by atoms with Crippen molar-refractivity contribution in [1.29, 1.82) is 0 Å². The second kappa shape index (κ2) is 8.57. The number of ether oxygens (including phenoxy) is 1. The summed E-state index contributed by atoms with van der Waals surface area (Å²) in [5.74, 6) is -0.919. The van der Waals surface area contributed by atoms with E-state index in [0.717, 1.165) is 10.4 Å². The Morgan fingerprint density at radius 2 is 1.78 bits per heavy atom. The predicted molar refractivity (Wildman–Crippen MR) is 110 cm³/mol. The Hall–Kier alpha value is -2.34. The molecule has 0 fully saturated rings. The first-order valence-electron chi connectivity index (χ1n) is 8.12. The van der Waals surface area contributed by atoms with Gasteiger partial charge in [-0.05, 0) is 36.8 Å². The van der Waals surface area contributed by atoms with Crippen LogP contribution in [-0.2, 0) is 4.74 Å². The summed E-state index contributed by atoms with van der Waals surface area (Å²) in [6.07, 6.45) is 0. The second-order valence-electron chi connectivity index (χ2n) is 5.52.